The normalized spacial score (nSPS) is 13.5. The van der Waals surface area contributed by atoms with Gasteiger partial charge in [0.2, 0.25) is 0 Å². The third-order valence-corrected chi connectivity index (χ3v) is 5.57. The van der Waals surface area contributed by atoms with Crippen LogP contribution in [0.25, 0.3) is 5.69 Å². The average Bonchev–Trinajstić information content (AvgIpc) is 3.10. The van der Waals surface area contributed by atoms with Crippen molar-refractivity contribution < 1.29 is 14.7 Å². The van der Waals surface area contributed by atoms with E-state index in [0.29, 0.717) is 35.6 Å². The fourth-order valence-corrected chi connectivity index (χ4v) is 3.80. The van der Waals surface area contributed by atoms with Gasteiger partial charge in [-0.1, -0.05) is 12.1 Å². The van der Waals surface area contributed by atoms with E-state index >= 15 is 0 Å². The minimum atomic E-state index is -0.173. The smallest absolute Gasteiger partial charge is 0.277 e. The lowest BCUT2D eigenvalue weighted by Crippen LogP contribution is -2.39. The molecule has 0 spiro atoms. The number of rotatable bonds is 4. The summed E-state index contributed by atoms with van der Waals surface area (Å²) in [6, 6.07) is 14.9. The molecule has 0 aliphatic carbocycles. The molecule has 0 radical (unpaired) electrons. The SMILES string of the molecule is CC(=O)c1nn(-c2ccc(CO)cc2)c2c1CCN(c1ccc(I)cc1)C2=O. The van der Waals surface area contributed by atoms with Gasteiger partial charge in [0.25, 0.3) is 5.91 Å². The van der Waals surface area contributed by atoms with E-state index in [-0.39, 0.29) is 18.3 Å². The summed E-state index contributed by atoms with van der Waals surface area (Å²) in [6.45, 7) is 1.91. The maximum Gasteiger partial charge on any atom is 0.277 e. The van der Waals surface area contributed by atoms with Crippen LogP contribution in [0.5, 0.6) is 0 Å². The second-order valence-electron chi connectivity index (χ2n) is 6.65. The summed E-state index contributed by atoms with van der Waals surface area (Å²) in [5, 5.41) is 13.7. The first-order valence-electron chi connectivity index (χ1n) is 8.90. The van der Waals surface area contributed by atoms with Crippen LogP contribution in [-0.4, -0.2) is 33.1 Å². The minimum absolute atomic E-state index is 0.0598. The van der Waals surface area contributed by atoms with E-state index in [4.69, 9.17) is 0 Å². The molecule has 1 aromatic heterocycles. The largest absolute Gasteiger partial charge is 0.392 e. The fourth-order valence-electron chi connectivity index (χ4n) is 3.44. The van der Waals surface area contributed by atoms with Gasteiger partial charge < -0.3 is 10.0 Å². The number of fused-ring (bicyclic) bond motifs is 1. The van der Waals surface area contributed by atoms with Crippen LogP contribution in [0.15, 0.2) is 48.5 Å². The van der Waals surface area contributed by atoms with Crippen LogP contribution in [-0.2, 0) is 13.0 Å². The number of amides is 1. The predicted octanol–water partition coefficient (Wildman–Crippen LogP) is 3.37. The third kappa shape index (κ3) is 3.24. The summed E-state index contributed by atoms with van der Waals surface area (Å²) in [7, 11) is 0. The Balaban J connectivity index is 1.83. The maximum absolute atomic E-state index is 13.4. The van der Waals surface area contributed by atoms with E-state index in [1.54, 1.807) is 33.8 Å². The van der Waals surface area contributed by atoms with Crippen molar-refractivity contribution in [2.75, 3.05) is 11.4 Å². The zero-order valence-electron chi connectivity index (χ0n) is 15.2. The van der Waals surface area contributed by atoms with Gasteiger partial charge in [0.1, 0.15) is 11.4 Å². The molecule has 0 fully saturated rings. The molecular weight excluding hydrogens is 469 g/mol. The van der Waals surface area contributed by atoms with Gasteiger partial charge in [-0.2, -0.15) is 5.10 Å². The maximum atomic E-state index is 13.4. The Hall–Kier alpha value is -2.52. The van der Waals surface area contributed by atoms with E-state index in [9.17, 15) is 14.7 Å². The standard InChI is InChI=1S/C21H18IN3O3/c1-13(27)19-18-10-11-24(16-8-4-15(22)5-9-16)21(28)20(18)25(23-19)17-6-2-14(12-26)3-7-17/h2-9,26H,10-12H2,1H3. The van der Waals surface area contributed by atoms with Crippen LogP contribution in [0, 0.1) is 3.57 Å². The van der Waals surface area contributed by atoms with Crippen molar-refractivity contribution >= 4 is 40.0 Å². The van der Waals surface area contributed by atoms with Gasteiger partial charge >= 0.3 is 0 Å². The van der Waals surface area contributed by atoms with Crippen LogP contribution in [0.4, 0.5) is 5.69 Å². The number of halogens is 1. The first kappa shape index (κ1) is 18.8. The third-order valence-electron chi connectivity index (χ3n) is 4.85. The number of aliphatic hydroxyl groups excluding tert-OH is 1. The topological polar surface area (TPSA) is 75.4 Å². The molecule has 0 unspecified atom stereocenters. The number of carbonyl (C=O) groups excluding carboxylic acids is 2. The number of aliphatic hydroxyl groups is 1. The van der Waals surface area contributed by atoms with Crippen LogP contribution in [0.3, 0.4) is 0 Å². The first-order chi connectivity index (χ1) is 13.5. The highest BCUT2D eigenvalue weighted by Crippen LogP contribution is 2.29. The van der Waals surface area contributed by atoms with E-state index in [0.717, 1.165) is 14.8 Å². The molecule has 2 aromatic carbocycles. The van der Waals surface area contributed by atoms with Crippen LogP contribution in [0.2, 0.25) is 0 Å². The van der Waals surface area contributed by atoms with Gasteiger partial charge in [-0.15, -0.1) is 0 Å². The summed E-state index contributed by atoms with van der Waals surface area (Å²) in [4.78, 5) is 27.2. The zero-order chi connectivity index (χ0) is 19.8. The molecule has 0 atom stereocenters. The summed E-state index contributed by atoms with van der Waals surface area (Å²) in [5.41, 5.74) is 3.74. The van der Waals surface area contributed by atoms with E-state index < -0.39 is 0 Å². The van der Waals surface area contributed by atoms with E-state index in [2.05, 4.69) is 27.7 Å². The molecule has 2 heterocycles. The summed E-state index contributed by atoms with van der Waals surface area (Å²) in [6.07, 6.45) is 0.566. The molecule has 1 amide bonds. The molecule has 4 rings (SSSR count). The Morgan fingerprint density at radius 2 is 1.75 bits per heavy atom. The van der Waals surface area contributed by atoms with Gasteiger partial charge in [-0.3, -0.25) is 9.59 Å². The molecule has 0 saturated carbocycles. The van der Waals surface area contributed by atoms with Gasteiger partial charge in [0, 0.05) is 28.3 Å². The van der Waals surface area contributed by atoms with Crippen LogP contribution in [0.1, 0.15) is 39.0 Å². The van der Waals surface area contributed by atoms with Gasteiger partial charge in [0.05, 0.1) is 12.3 Å². The second kappa shape index (κ2) is 7.48. The quantitative estimate of drug-likeness (QED) is 0.453. The molecule has 3 aromatic rings. The first-order valence-corrected chi connectivity index (χ1v) is 9.98. The number of ketones is 1. The minimum Gasteiger partial charge on any atom is -0.392 e. The van der Waals surface area contributed by atoms with E-state index in [1.165, 1.54) is 6.92 Å². The Bertz CT molecular complexity index is 1060. The van der Waals surface area contributed by atoms with Gasteiger partial charge in [0.15, 0.2) is 5.78 Å². The Morgan fingerprint density at radius 1 is 1.11 bits per heavy atom. The molecule has 0 saturated heterocycles. The number of hydrogen-bond donors (Lipinski definition) is 1. The van der Waals surface area contributed by atoms with Crippen molar-refractivity contribution in [1.29, 1.82) is 0 Å². The molecule has 1 N–H and O–H groups in total. The van der Waals surface area contributed by atoms with Gasteiger partial charge in [-0.05, 0) is 71.0 Å². The number of Topliss-reactive ketones (excluding diaryl/α,β-unsaturated/α-hetero) is 1. The number of hydrogen-bond acceptors (Lipinski definition) is 4. The van der Waals surface area contributed by atoms with Crippen molar-refractivity contribution in [2.45, 2.75) is 20.0 Å². The molecule has 142 valence electrons. The highest BCUT2D eigenvalue weighted by Gasteiger charge is 2.34. The fraction of sp³-hybridized carbons (Fsp3) is 0.190. The monoisotopic (exact) mass is 487 g/mol. The molecule has 0 bridgehead atoms. The lowest BCUT2D eigenvalue weighted by molar-refractivity contribution is 0.0972. The van der Waals surface area contributed by atoms with Crippen LogP contribution < -0.4 is 4.90 Å². The highest BCUT2D eigenvalue weighted by atomic mass is 127. The lowest BCUT2D eigenvalue weighted by Gasteiger charge is -2.27. The Kier molecular flexibility index (Phi) is 5.03. The van der Waals surface area contributed by atoms with E-state index in [1.807, 2.05) is 24.3 Å². The lowest BCUT2D eigenvalue weighted by atomic mass is 10.0. The zero-order valence-corrected chi connectivity index (χ0v) is 17.4. The Morgan fingerprint density at radius 3 is 2.36 bits per heavy atom. The summed E-state index contributed by atoms with van der Waals surface area (Å²) >= 11 is 2.23. The molecule has 6 nitrogen and oxygen atoms in total. The van der Waals surface area contributed by atoms with Crippen molar-refractivity contribution in [1.82, 2.24) is 9.78 Å². The number of anilines is 1. The highest BCUT2D eigenvalue weighted by molar-refractivity contribution is 14.1. The summed E-state index contributed by atoms with van der Waals surface area (Å²) < 4.78 is 2.65. The number of benzene rings is 2. The number of aromatic nitrogens is 2. The predicted molar refractivity (Wildman–Crippen MR) is 114 cm³/mol. The molecule has 28 heavy (non-hydrogen) atoms. The molecule has 1 aliphatic rings. The van der Waals surface area contributed by atoms with Crippen molar-refractivity contribution in [3.05, 3.63) is 74.6 Å². The van der Waals surface area contributed by atoms with Gasteiger partial charge in [-0.25, -0.2) is 4.68 Å². The molecular formula is C21H18IN3O3. The molecule has 1 aliphatic heterocycles. The number of nitrogens with zero attached hydrogens (tertiary/aromatic N) is 3. The average molecular weight is 487 g/mol. The molecule has 7 heteroatoms. The van der Waals surface area contributed by atoms with Crippen molar-refractivity contribution in [3.8, 4) is 5.69 Å². The van der Waals surface area contributed by atoms with Crippen molar-refractivity contribution in [2.24, 2.45) is 0 Å². The second-order valence-corrected chi connectivity index (χ2v) is 7.90. The summed E-state index contributed by atoms with van der Waals surface area (Å²) in [5.74, 6) is -0.328. The Labute approximate surface area is 175 Å². The van der Waals surface area contributed by atoms with Crippen molar-refractivity contribution in [3.63, 3.8) is 0 Å². The van der Waals surface area contributed by atoms with Crippen LogP contribution >= 0.6 is 22.6 Å². The number of carbonyl (C=O) groups is 2.